The average molecular weight is 310 g/mol. The molecule has 18 heavy (non-hydrogen) atoms. The van der Waals surface area contributed by atoms with Gasteiger partial charge in [0.15, 0.2) is 10.4 Å². The van der Waals surface area contributed by atoms with Crippen LogP contribution in [-0.4, -0.2) is 23.0 Å². The van der Waals surface area contributed by atoms with Gasteiger partial charge in [-0.25, -0.2) is 0 Å². The van der Waals surface area contributed by atoms with E-state index in [1.807, 2.05) is 6.07 Å². The van der Waals surface area contributed by atoms with Crippen LogP contribution in [0.1, 0.15) is 16.1 Å². The Morgan fingerprint density at radius 2 is 2.17 bits per heavy atom. The van der Waals surface area contributed by atoms with Gasteiger partial charge in [-0.1, -0.05) is 12.1 Å². The van der Waals surface area contributed by atoms with Crippen LogP contribution >= 0.6 is 15.9 Å². The van der Waals surface area contributed by atoms with E-state index < -0.39 is 0 Å². The molecule has 2 rings (SSSR count). The van der Waals surface area contributed by atoms with E-state index in [1.165, 1.54) is 4.90 Å². The van der Waals surface area contributed by atoms with Crippen LogP contribution in [0.3, 0.4) is 0 Å². The van der Waals surface area contributed by atoms with Crippen molar-refractivity contribution in [3.63, 3.8) is 0 Å². The standard InChI is InChI=1S/C13H12BrNO3/c1-15(8-9-3-2-4-10(16)7-9)13(17)11-5-6-12(14)18-11/h2-7,16H,8H2,1H3. The highest BCUT2D eigenvalue weighted by atomic mass is 79.9. The van der Waals surface area contributed by atoms with E-state index in [-0.39, 0.29) is 17.4 Å². The van der Waals surface area contributed by atoms with Gasteiger partial charge in [-0.15, -0.1) is 0 Å². The van der Waals surface area contributed by atoms with Gasteiger partial charge in [0.2, 0.25) is 0 Å². The molecule has 2 aromatic rings. The van der Waals surface area contributed by atoms with E-state index in [9.17, 15) is 9.90 Å². The van der Waals surface area contributed by atoms with E-state index in [1.54, 1.807) is 37.4 Å². The summed E-state index contributed by atoms with van der Waals surface area (Å²) in [7, 11) is 1.68. The molecule has 1 heterocycles. The Labute approximate surface area is 113 Å². The molecule has 0 atom stereocenters. The second kappa shape index (κ2) is 5.27. The highest BCUT2D eigenvalue weighted by Crippen LogP contribution is 2.17. The highest BCUT2D eigenvalue weighted by Gasteiger charge is 2.15. The number of rotatable bonds is 3. The lowest BCUT2D eigenvalue weighted by Gasteiger charge is -2.15. The number of amides is 1. The lowest BCUT2D eigenvalue weighted by atomic mass is 10.2. The Morgan fingerprint density at radius 3 is 2.78 bits per heavy atom. The molecule has 0 radical (unpaired) electrons. The third kappa shape index (κ3) is 2.92. The smallest absolute Gasteiger partial charge is 0.289 e. The minimum Gasteiger partial charge on any atom is -0.508 e. The molecule has 5 heteroatoms. The molecule has 0 aliphatic carbocycles. The molecule has 1 aromatic heterocycles. The Balaban J connectivity index is 2.08. The summed E-state index contributed by atoms with van der Waals surface area (Å²) < 4.78 is 5.73. The van der Waals surface area contributed by atoms with Gasteiger partial charge in [0.25, 0.3) is 5.91 Å². The van der Waals surface area contributed by atoms with Crippen molar-refractivity contribution >= 4 is 21.8 Å². The van der Waals surface area contributed by atoms with E-state index in [0.29, 0.717) is 11.2 Å². The zero-order valence-electron chi connectivity index (χ0n) is 9.76. The lowest BCUT2D eigenvalue weighted by molar-refractivity contribution is 0.0752. The van der Waals surface area contributed by atoms with Gasteiger partial charge in [-0.2, -0.15) is 0 Å². The average Bonchev–Trinajstić information content (AvgIpc) is 2.75. The summed E-state index contributed by atoms with van der Waals surface area (Å²) in [6.07, 6.45) is 0. The van der Waals surface area contributed by atoms with Crippen molar-refractivity contribution in [3.05, 3.63) is 52.4 Å². The van der Waals surface area contributed by atoms with Crippen molar-refractivity contribution < 1.29 is 14.3 Å². The van der Waals surface area contributed by atoms with Crippen molar-refractivity contribution in [2.45, 2.75) is 6.54 Å². The number of hydrogen-bond acceptors (Lipinski definition) is 3. The molecule has 0 spiro atoms. The maximum absolute atomic E-state index is 12.0. The lowest BCUT2D eigenvalue weighted by Crippen LogP contribution is -2.25. The van der Waals surface area contributed by atoms with E-state index in [2.05, 4.69) is 15.9 Å². The minimum atomic E-state index is -0.205. The Kier molecular flexibility index (Phi) is 3.72. The summed E-state index contributed by atoms with van der Waals surface area (Å²) in [6, 6.07) is 10.1. The van der Waals surface area contributed by atoms with Crippen molar-refractivity contribution in [2.75, 3.05) is 7.05 Å². The van der Waals surface area contributed by atoms with Crippen molar-refractivity contribution in [1.29, 1.82) is 0 Å². The van der Waals surface area contributed by atoms with Crippen molar-refractivity contribution in [2.24, 2.45) is 0 Å². The van der Waals surface area contributed by atoms with Gasteiger partial charge >= 0.3 is 0 Å². The van der Waals surface area contributed by atoms with E-state index in [0.717, 1.165) is 5.56 Å². The zero-order chi connectivity index (χ0) is 13.1. The molecule has 0 aliphatic heterocycles. The third-order valence-corrected chi connectivity index (χ3v) is 2.89. The molecule has 0 aliphatic rings. The molecule has 0 fully saturated rings. The van der Waals surface area contributed by atoms with Gasteiger partial charge in [0.05, 0.1) is 0 Å². The molecule has 1 N–H and O–H groups in total. The van der Waals surface area contributed by atoms with Crippen molar-refractivity contribution in [1.82, 2.24) is 4.90 Å². The number of halogens is 1. The number of aromatic hydroxyl groups is 1. The minimum absolute atomic E-state index is 0.189. The largest absolute Gasteiger partial charge is 0.508 e. The Morgan fingerprint density at radius 1 is 1.39 bits per heavy atom. The molecule has 0 unspecified atom stereocenters. The molecule has 0 saturated carbocycles. The predicted molar refractivity (Wildman–Crippen MR) is 70.3 cm³/mol. The molecule has 0 saturated heterocycles. The first-order valence-electron chi connectivity index (χ1n) is 5.35. The van der Waals surface area contributed by atoms with E-state index in [4.69, 9.17) is 4.42 Å². The number of carbonyl (C=O) groups is 1. The maximum Gasteiger partial charge on any atom is 0.289 e. The van der Waals surface area contributed by atoms with Crippen molar-refractivity contribution in [3.8, 4) is 5.75 Å². The summed E-state index contributed by atoms with van der Waals surface area (Å²) in [5.41, 5.74) is 0.858. The van der Waals surface area contributed by atoms with Gasteiger partial charge < -0.3 is 14.4 Å². The fourth-order valence-corrected chi connectivity index (χ4v) is 1.92. The summed E-state index contributed by atoms with van der Waals surface area (Å²) in [5.74, 6) is 0.266. The van der Waals surface area contributed by atoms with E-state index >= 15 is 0 Å². The van der Waals surface area contributed by atoms with Gasteiger partial charge in [0, 0.05) is 13.6 Å². The number of phenols is 1. The predicted octanol–water partition coefficient (Wildman–Crippen LogP) is 3.02. The fourth-order valence-electron chi connectivity index (χ4n) is 1.62. The monoisotopic (exact) mass is 309 g/mol. The van der Waals surface area contributed by atoms with Crippen LogP contribution in [0.5, 0.6) is 5.75 Å². The normalized spacial score (nSPS) is 10.3. The SMILES string of the molecule is CN(Cc1cccc(O)c1)C(=O)c1ccc(Br)o1. The van der Waals surface area contributed by atoms with Gasteiger partial charge in [-0.05, 0) is 45.8 Å². The van der Waals surface area contributed by atoms with Gasteiger partial charge in [0.1, 0.15) is 5.75 Å². The summed E-state index contributed by atoms with van der Waals surface area (Å²) in [6.45, 7) is 0.408. The molecule has 4 nitrogen and oxygen atoms in total. The van der Waals surface area contributed by atoms with Crippen LogP contribution in [0, 0.1) is 0 Å². The van der Waals surface area contributed by atoms with Crippen LogP contribution in [0.25, 0.3) is 0 Å². The summed E-state index contributed by atoms with van der Waals surface area (Å²) in [4.78, 5) is 13.5. The molecular weight excluding hydrogens is 298 g/mol. The molecule has 1 aromatic carbocycles. The second-order valence-corrected chi connectivity index (χ2v) is 4.72. The molecule has 0 bridgehead atoms. The number of nitrogens with zero attached hydrogens (tertiary/aromatic N) is 1. The number of phenolic OH excluding ortho intramolecular Hbond substituents is 1. The number of furan rings is 1. The summed E-state index contributed by atoms with van der Waals surface area (Å²) in [5, 5.41) is 9.36. The topological polar surface area (TPSA) is 53.7 Å². The first-order valence-corrected chi connectivity index (χ1v) is 6.14. The Hall–Kier alpha value is -1.75. The number of carbonyl (C=O) groups excluding carboxylic acids is 1. The Bertz CT molecular complexity index is 565. The van der Waals surface area contributed by atoms with Crippen LogP contribution < -0.4 is 0 Å². The first-order chi connectivity index (χ1) is 8.56. The highest BCUT2D eigenvalue weighted by molar-refractivity contribution is 9.10. The van der Waals surface area contributed by atoms with Crippen LogP contribution in [-0.2, 0) is 6.54 Å². The molecule has 94 valence electrons. The van der Waals surface area contributed by atoms with Crippen LogP contribution in [0.15, 0.2) is 45.5 Å². The number of benzene rings is 1. The quantitative estimate of drug-likeness (QED) is 0.948. The van der Waals surface area contributed by atoms with Crippen LogP contribution in [0.4, 0.5) is 0 Å². The second-order valence-electron chi connectivity index (χ2n) is 3.93. The first kappa shape index (κ1) is 12.7. The molecule has 1 amide bonds. The third-order valence-electron chi connectivity index (χ3n) is 2.46. The van der Waals surface area contributed by atoms with Gasteiger partial charge in [-0.3, -0.25) is 4.79 Å². The summed E-state index contributed by atoms with van der Waals surface area (Å²) >= 11 is 3.16. The maximum atomic E-state index is 12.0. The van der Waals surface area contributed by atoms with Crippen LogP contribution in [0.2, 0.25) is 0 Å². The fraction of sp³-hybridized carbons (Fsp3) is 0.154. The zero-order valence-corrected chi connectivity index (χ0v) is 11.3. The number of hydrogen-bond donors (Lipinski definition) is 1. The molecular formula is C13H12BrNO3.